The first kappa shape index (κ1) is 10.9. The van der Waals surface area contributed by atoms with Gasteiger partial charge < -0.3 is 10.6 Å². The molecule has 0 aliphatic heterocycles. The van der Waals surface area contributed by atoms with Crippen molar-refractivity contribution in [3.63, 3.8) is 0 Å². The van der Waals surface area contributed by atoms with Crippen LogP contribution in [0, 0.1) is 5.92 Å². The quantitative estimate of drug-likeness (QED) is 0.688. The number of aromatic nitrogens is 5. The Morgan fingerprint density at radius 1 is 1.39 bits per heavy atom. The highest BCUT2D eigenvalue weighted by Gasteiger charge is 2.28. The van der Waals surface area contributed by atoms with E-state index in [1.807, 2.05) is 0 Å². The SMILES string of the molecule is O=C(NCCNc1cncc2nnnn12)C1CC1. The second-order valence-electron chi connectivity index (χ2n) is 4.23. The van der Waals surface area contributed by atoms with E-state index in [1.165, 1.54) is 0 Å². The minimum atomic E-state index is 0.149. The van der Waals surface area contributed by atoms with Gasteiger partial charge in [-0.15, -0.1) is 5.10 Å². The predicted molar refractivity (Wildman–Crippen MR) is 62.8 cm³/mol. The highest BCUT2D eigenvalue weighted by Crippen LogP contribution is 2.28. The van der Waals surface area contributed by atoms with E-state index in [-0.39, 0.29) is 11.8 Å². The lowest BCUT2D eigenvalue weighted by atomic mass is 10.4. The Balaban J connectivity index is 1.53. The molecule has 1 aliphatic rings. The second-order valence-corrected chi connectivity index (χ2v) is 4.23. The molecule has 0 aromatic carbocycles. The van der Waals surface area contributed by atoms with Gasteiger partial charge in [-0.05, 0) is 23.3 Å². The van der Waals surface area contributed by atoms with Crippen molar-refractivity contribution in [2.75, 3.05) is 18.4 Å². The van der Waals surface area contributed by atoms with Crippen molar-refractivity contribution in [3.8, 4) is 0 Å². The molecule has 2 aromatic rings. The molecule has 1 fully saturated rings. The van der Waals surface area contributed by atoms with Gasteiger partial charge in [-0.1, -0.05) is 0 Å². The molecule has 94 valence electrons. The fraction of sp³-hybridized carbons (Fsp3) is 0.500. The number of tetrazole rings is 1. The molecule has 18 heavy (non-hydrogen) atoms. The number of fused-ring (bicyclic) bond motifs is 1. The Bertz CT molecular complexity index is 562. The molecule has 0 spiro atoms. The Morgan fingerprint density at radius 3 is 3.11 bits per heavy atom. The molecule has 0 bridgehead atoms. The highest BCUT2D eigenvalue weighted by molar-refractivity contribution is 5.80. The smallest absolute Gasteiger partial charge is 0.223 e. The largest absolute Gasteiger partial charge is 0.367 e. The summed E-state index contributed by atoms with van der Waals surface area (Å²) < 4.78 is 1.57. The van der Waals surface area contributed by atoms with E-state index in [2.05, 4.69) is 31.1 Å². The number of nitrogens with zero attached hydrogens (tertiary/aromatic N) is 5. The van der Waals surface area contributed by atoms with Crippen molar-refractivity contribution in [1.82, 2.24) is 30.3 Å². The van der Waals surface area contributed by atoms with Crippen molar-refractivity contribution in [2.45, 2.75) is 12.8 Å². The van der Waals surface area contributed by atoms with Gasteiger partial charge in [-0.2, -0.15) is 4.52 Å². The molecule has 2 aromatic heterocycles. The fourth-order valence-corrected chi connectivity index (χ4v) is 1.66. The number of nitrogens with one attached hydrogen (secondary N) is 2. The Hall–Kier alpha value is -2.25. The van der Waals surface area contributed by atoms with Crippen molar-refractivity contribution in [3.05, 3.63) is 12.4 Å². The minimum absolute atomic E-state index is 0.149. The van der Waals surface area contributed by atoms with Crippen LogP contribution in [0.5, 0.6) is 0 Å². The van der Waals surface area contributed by atoms with Gasteiger partial charge in [-0.3, -0.25) is 9.78 Å². The van der Waals surface area contributed by atoms with Gasteiger partial charge in [0.25, 0.3) is 0 Å². The summed E-state index contributed by atoms with van der Waals surface area (Å²) in [5.41, 5.74) is 0.585. The summed E-state index contributed by atoms with van der Waals surface area (Å²) in [5, 5.41) is 17.2. The maximum Gasteiger partial charge on any atom is 0.223 e. The monoisotopic (exact) mass is 247 g/mol. The van der Waals surface area contributed by atoms with Crippen molar-refractivity contribution < 1.29 is 4.79 Å². The van der Waals surface area contributed by atoms with Gasteiger partial charge in [0.2, 0.25) is 5.91 Å². The van der Waals surface area contributed by atoms with Crippen LogP contribution in [0.15, 0.2) is 12.4 Å². The minimum Gasteiger partial charge on any atom is -0.367 e. The van der Waals surface area contributed by atoms with Crippen molar-refractivity contribution >= 4 is 17.4 Å². The molecule has 1 saturated carbocycles. The molecule has 0 atom stereocenters. The molecule has 8 heteroatoms. The molecule has 2 N–H and O–H groups in total. The van der Waals surface area contributed by atoms with E-state index in [1.54, 1.807) is 16.9 Å². The number of hydrogen-bond acceptors (Lipinski definition) is 6. The molecule has 0 saturated heterocycles. The van der Waals surface area contributed by atoms with Gasteiger partial charge in [0.15, 0.2) is 5.65 Å². The molecule has 1 aliphatic carbocycles. The topological polar surface area (TPSA) is 97.1 Å². The fourth-order valence-electron chi connectivity index (χ4n) is 1.66. The van der Waals surface area contributed by atoms with Crippen molar-refractivity contribution in [2.24, 2.45) is 5.92 Å². The number of anilines is 1. The molecule has 8 nitrogen and oxygen atoms in total. The number of carbonyl (C=O) groups is 1. The van der Waals surface area contributed by atoms with Gasteiger partial charge in [0.1, 0.15) is 5.82 Å². The summed E-state index contributed by atoms with van der Waals surface area (Å²) >= 11 is 0. The van der Waals surface area contributed by atoms with Crippen LogP contribution in [-0.2, 0) is 4.79 Å². The summed E-state index contributed by atoms with van der Waals surface area (Å²) in [6.45, 7) is 1.19. The van der Waals surface area contributed by atoms with Gasteiger partial charge in [0, 0.05) is 19.0 Å². The second kappa shape index (κ2) is 4.55. The number of amides is 1. The summed E-state index contributed by atoms with van der Waals surface area (Å²) in [7, 11) is 0. The first-order valence-electron chi connectivity index (χ1n) is 5.88. The number of hydrogen-bond donors (Lipinski definition) is 2. The average Bonchev–Trinajstić information content (AvgIpc) is 3.12. The summed E-state index contributed by atoms with van der Waals surface area (Å²) in [6, 6.07) is 0. The molecule has 1 amide bonds. The van der Waals surface area contributed by atoms with Gasteiger partial charge >= 0.3 is 0 Å². The lowest BCUT2D eigenvalue weighted by Gasteiger charge is -2.07. The third-order valence-corrected chi connectivity index (χ3v) is 2.79. The molecular weight excluding hydrogens is 234 g/mol. The zero-order valence-electron chi connectivity index (χ0n) is 9.70. The molecular formula is C10H13N7O. The van der Waals surface area contributed by atoms with E-state index >= 15 is 0 Å². The Labute approximate surface area is 103 Å². The third kappa shape index (κ3) is 2.22. The van der Waals surface area contributed by atoms with Crippen LogP contribution >= 0.6 is 0 Å². The Morgan fingerprint density at radius 2 is 2.28 bits per heavy atom. The van der Waals surface area contributed by atoms with E-state index in [0.717, 1.165) is 12.8 Å². The van der Waals surface area contributed by atoms with E-state index in [4.69, 9.17) is 0 Å². The average molecular weight is 247 g/mol. The van der Waals surface area contributed by atoms with E-state index < -0.39 is 0 Å². The van der Waals surface area contributed by atoms with Crippen LogP contribution in [0.3, 0.4) is 0 Å². The molecule has 3 rings (SSSR count). The molecule has 0 radical (unpaired) electrons. The molecule has 2 heterocycles. The summed E-state index contributed by atoms with van der Waals surface area (Å²) in [5.74, 6) is 1.10. The lowest BCUT2D eigenvalue weighted by Crippen LogP contribution is -2.30. The Kier molecular flexibility index (Phi) is 2.75. The maximum atomic E-state index is 11.4. The predicted octanol–water partition coefficient (Wildman–Crippen LogP) is -0.543. The first-order valence-corrected chi connectivity index (χ1v) is 5.88. The van der Waals surface area contributed by atoms with Crippen LogP contribution in [0.25, 0.3) is 5.65 Å². The standard InChI is InChI=1S/C10H13N7O/c18-10(7-1-2-7)13-4-3-12-8-5-11-6-9-14-15-16-17(8)9/h5-7,12H,1-4H2,(H,13,18). The van der Waals surface area contributed by atoms with Gasteiger partial charge in [0.05, 0.1) is 12.4 Å². The van der Waals surface area contributed by atoms with Gasteiger partial charge in [-0.25, -0.2) is 0 Å². The van der Waals surface area contributed by atoms with Crippen molar-refractivity contribution in [1.29, 1.82) is 0 Å². The van der Waals surface area contributed by atoms with Crippen LogP contribution in [0.4, 0.5) is 5.82 Å². The number of carbonyl (C=O) groups excluding carboxylic acids is 1. The van der Waals surface area contributed by atoms with Crippen LogP contribution in [-0.4, -0.2) is 44.0 Å². The number of rotatable bonds is 5. The highest BCUT2D eigenvalue weighted by atomic mass is 16.2. The summed E-state index contributed by atoms with van der Waals surface area (Å²) in [6.07, 6.45) is 5.27. The molecule has 0 unspecified atom stereocenters. The zero-order chi connectivity index (χ0) is 12.4. The van der Waals surface area contributed by atoms with E-state index in [9.17, 15) is 4.79 Å². The van der Waals surface area contributed by atoms with Crippen LogP contribution < -0.4 is 10.6 Å². The maximum absolute atomic E-state index is 11.4. The normalized spacial score (nSPS) is 14.7. The zero-order valence-corrected chi connectivity index (χ0v) is 9.70. The first-order chi connectivity index (χ1) is 8.84. The third-order valence-electron chi connectivity index (χ3n) is 2.79. The van der Waals surface area contributed by atoms with Crippen LogP contribution in [0.2, 0.25) is 0 Å². The summed E-state index contributed by atoms with van der Waals surface area (Å²) in [4.78, 5) is 15.4. The lowest BCUT2D eigenvalue weighted by molar-refractivity contribution is -0.122. The van der Waals surface area contributed by atoms with Crippen LogP contribution in [0.1, 0.15) is 12.8 Å². The van der Waals surface area contributed by atoms with E-state index in [0.29, 0.717) is 24.6 Å².